The van der Waals surface area contributed by atoms with E-state index in [1.165, 1.54) is 6.07 Å². The van der Waals surface area contributed by atoms with Crippen LogP contribution < -0.4 is 10.5 Å². The van der Waals surface area contributed by atoms with E-state index in [1.807, 2.05) is 20.8 Å². The summed E-state index contributed by atoms with van der Waals surface area (Å²) < 4.78 is 19.4. The standard InChI is InChI=1S/C12H17BrFNO/c1-12(2,3)11(7-15)16-8-4-5-9(13)10(14)6-8/h4-6,11H,7,15H2,1-3H3. The molecule has 1 rings (SSSR count). The fraction of sp³-hybridized carbons (Fsp3) is 0.500. The van der Waals surface area contributed by atoms with Crippen molar-refractivity contribution < 1.29 is 9.13 Å². The van der Waals surface area contributed by atoms with Crippen molar-refractivity contribution in [2.75, 3.05) is 6.54 Å². The Hall–Kier alpha value is -0.610. The predicted octanol–water partition coefficient (Wildman–Crippen LogP) is 3.34. The van der Waals surface area contributed by atoms with Crippen molar-refractivity contribution in [2.45, 2.75) is 26.9 Å². The van der Waals surface area contributed by atoms with Crippen molar-refractivity contribution in [1.29, 1.82) is 0 Å². The van der Waals surface area contributed by atoms with Crippen molar-refractivity contribution in [2.24, 2.45) is 11.1 Å². The Morgan fingerprint density at radius 1 is 1.44 bits per heavy atom. The van der Waals surface area contributed by atoms with E-state index >= 15 is 0 Å². The van der Waals surface area contributed by atoms with Crippen LogP contribution in [0.1, 0.15) is 20.8 Å². The zero-order valence-corrected chi connectivity index (χ0v) is 11.3. The number of halogens is 2. The minimum atomic E-state index is -0.331. The average molecular weight is 290 g/mol. The zero-order chi connectivity index (χ0) is 12.3. The van der Waals surface area contributed by atoms with Crippen LogP contribution in [0, 0.1) is 11.2 Å². The van der Waals surface area contributed by atoms with Gasteiger partial charge >= 0.3 is 0 Å². The lowest BCUT2D eigenvalue weighted by Crippen LogP contribution is -2.38. The normalized spacial score (nSPS) is 13.6. The van der Waals surface area contributed by atoms with E-state index in [0.29, 0.717) is 16.8 Å². The van der Waals surface area contributed by atoms with Crippen LogP contribution in [0.15, 0.2) is 22.7 Å². The molecule has 4 heteroatoms. The largest absolute Gasteiger partial charge is 0.488 e. The first-order valence-corrected chi connectivity index (χ1v) is 5.95. The van der Waals surface area contributed by atoms with E-state index in [1.54, 1.807) is 12.1 Å². The second-order valence-electron chi connectivity index (χ2n) is 4.78. The molecule has 16 heavy (non-hydrogen) atoms. The van der Waals surface area contributed by atoms with Crippen LogP contribution in [0.4, 0.5) is 4.39 Å². The molecule has 1 aromatic carbocycles. The van der Waals surface area contributed by atoms with E-state index in [4.69, 9.17) is 10.5 Å². The number of ether oxygens (including phenoxy) is 1. The second kappa shape index (κ2) is 5.15. The molecule has 0 bridgehead atoms. The van der Waals surface area contributed by atoms with Gasteiger partial charge in [0.25, 0.3) is 0 Å². The molecule has 1 aromatic rings. The fourth-order valence-corrected chi connectivity index (χ4v) is 1.54. The second-order valence-corrected chi connectivity index (χ2v) is 5.64. The molecule has 1 unspecified atom stereocenters. The molecule has 0 aliphatic rings. The Balaban J connectivity index is 2.83. The Labute approximate surface area is 104 Å². The van der Waals surface area contributed by atoms with Crippen LogP contribution in [-0.2, 0) is 0 Å². The van der Waals surface area contributed by atoms with Crippen molar-refractivity contribution in [1.82, 2.24) is 0 Å². The first kappa shape index (κ1) is 13.5. The molecule has 1 atom stereocenters. The molecule has 0 aliphatic heterocycles. The van der Waals surface area contributed by atoms with Gasteiger partial charge in [0.15, 0.2) is 0 Å². The van der Waals surface area contributed by atoms with E-state index in [-0.39, 0.29) is 17.3 Å². The summed E-state index contributed by atoms with van der Waals surface area (Å²) in [5.41, 5.74) is 5.58. The number of nitrogens with two attached hydrogens (primary N) is 1. The third-order valence-electron chi connectivity index (χ3n) is 2.35. The van der Waals surface area contributed by atoms with Gasteiger partial charge in [-0.2, -0.15) is 0 Å². The van der Waals surface area contributed by atoms with Crippen molar-refractivity contribution in [3.05, 3.63) is 28.5 Å². The van der Waals surface area contributed by atoms with Gasteiger partial charge < -0.3 is 10.5 Å². The highest BCUT2D eigenvalue weighted by molar-refractivity contribution is 9.10. The maximum atomic E-state index is 13.3. The highest BCUT2D eigenvalue weighted by Crippen LogP contribution is 2.26. The van der Waals surface area contributed by atoms with E-state index < -0.39 is 0 Å². The van der Waals surface area contributed by atoms with Crippen molar-refractivity contribution >= 4 is 15.9 Å². The quantitative estimate of drug-likeness (QED) is 0.926. The lowest BCUT2D eigenvalue weighted by Gasteiger charge is -2.30. The minimum Gasteiger partial charge on any atom is -0.488 e. The van der Waals surface area contributed by atoms with Crippen LogP contribution >= 0.6 is 15.9 Å². The molecular formula is C12H17BrFNO. The van der Waals surface area contributed by atoms with Gasteiger partial charge in [-0.3, -0.25) is 0 Å². The molecule has 2 N–H and O–H groups in total. The molecule has 0 saturated carbocycles. The Bertz CT molecular complexity index is 363. The van der Waals surface area contributed by atoms with Gasteiger partial charge in [-0.05, 0) is 28.1 Å². The molecule has 0 spiro atoms. The molecule has 0 saturated heterocycles. The average Bonchev–Trinajstić information content (AvgIpc) is 2.18. The van der Waals surface area contributed by atoms with Crippen molar-refractivity contribution in [3.8, 4) is 5.75 Å². The molecule has 90 valence electrons. The van der Waals surface area contributed by atoms with Crippen molar-refractivity contribution in [3.63, 3.8) is 0 Å². The molecule has 2 nitrogen and oxygen atoms in total. The third kappa shape index (κ3) is 3.46. The Kier molecular flexibility index (Phi) is 4.33. The van der Waals surface area contributed by atoms with Crippen LogP contribution in [0.3, 0.4) is 0 Å². The summed E-state index contributed by atoms with van der Waals surface area (Å²) >= 11 is 3.10. The zero-order valence-electron chi connectivity index (χ0n) is 9.76. The number of hydrogen-bond donors (Lipinski definition) is 1. The summed E-state index contributed by atoms with van der Waals surface area (Å²) in [5.74, 6) is 0.174. The number of rotatable bonds is 3. The molecule has 0 radical (unpaired) electrons. The van der Waals surface area contributed by atoms with E-state index in [9.17, 15) is 4.39 Å². The molecular weight excluding hydrogens is 273 g/mol. The van der Waals surface area contributed by atoms with Gasteiger partial charge in [0.1, 0.15) is 17.7 Å². The van der Waals surface area contributed by atoms with Crippen LogP contribution in [0.2, 0.25) is 0 Å². The Morgan fingerprint density at radius 2 is 2.06 bits per heavy atom. The SMILES string of the molecule is CC(C)(C)C(CN)Oc1ccc(Br)c(F)c1. The van der Waals surface area contributed by atoms with Gasteiger partial charge in [-0.25, -0.2) is 4.39 Å². The molecule has 0 fully saturated rings. The van der Waals surface area contributed by atoms with Crippen LogP contribution in [-0.4, -0.2) is 12.6 Å². The van der Waals surface area contributed by atoms with Gasteiger partial charge in [0, 0.05) is 18.0 Å². The Morgan fingerprint density at radius 3 is 2.50 bits per heavy atom. The summed E-state index contributed by atoms with van der Waals surface area (Å²) in [4.78, 5) is 0. The highest BCUT2D eigenvalue weighted by Gasteiger charge is 2.25. The summed E-state index contributed by atoms with van der Waals surface area (Å²) in [6, 6.07) is 4.71. The van der Waals surface area contributed by atoms with Crippen LogP contribution in [0.5, 0.6) is 5.75 Å². The maximum absolute atomic E-state index is 13.3. The molecule has 0 amide bonds. The van der Waals surface area contributed by atoms with Gasteiger partial charge in [0.05, 0.1) is 4.47 Å². The van der Waals surface area contributed by atoms with Gasteiger partial charge in [0.2, 0.25) is 0 Å². The lowest BCUT2D eigenvalue weighted by molar-refractivity contribution is 0.0938. The summed E-state index contributed by atoms with van der Waals surface area (Å²) in [5, 5.41) is 0. The summed E-state index contributed by atoms with van der Waals surface area (Å²) in [7, 11) is 0. The van der Waals surface area contributed by atoms with E-state index in [0.717, 1.165) is 0 Å². The van der Waals surface area contributed by atoms with Gasteiger partial charge in [-0.1, -0.05) is 20.8 Å². The number of benzene rings is 1. The summed E-state index contributed by atoms with van der Waals surface area (Å²) in [6.45, 7) is 6.53. The molecule has 0 heterocycles. The predicted molar refractivity (Wildman–Crippen MR) is 67.0 cm³/mol. The smallest absolute Gasteiger partial charge is 0.141 e. The first-order valence-electron chi connectivity index (χ1n) is 5.16. The topological polar surface area (TPSA) is 35.2 Å². The lowest BCUT2D eigenvalue weighted by atomic mass is 9.89. The molecule has 0 aromatic heterocycles. The minimum absolute atomic E-state index is 0.0711. The maximum Gasteiger partial charge on any atom is 0.141 e. The fourth-order valence-electron chi connectivity index (χ4n) is 1.29. The first-order chi connectivity index (χ1) is 7.34. The van der Waals surface area contributed by atoms with Gasteiger partial charge in [-0.15, -0.1) is 0 Å². The van der Waals surface area contributed by atoms with Crippen LogP contribution in [0.25, 0.3) is 0 Å². The monoisotopic (exact) mass is 289 g/mol. The molecule has 0 aliphatic carbocycles. The summed E-state index contributed by atoms with van der Waals surface area (Å²) in [6.07, 6.45) is -0.131. The number of hydrogen-bond acceptors (Lipinski definition) is 2. The van der Waals surface area contributed by atoms with E-state index in [2.05, 4.69) is 15.9 Å². The highest BCUT2D eigenvalue weighted by atomic mass is 79.9. The third-order valence-corrected chi connectivity index (χ3v) is 2.99.